The summed E-state index contributed by atoms with van der Waals surface area (Å²) in [4.78, 5) is 36.1. The zero-order valence-corrected chi connectivity index (χ0v) is 14.7. The van der Waals surface area contributed by atoms with Gasteiger partial charge in [-0.15, -0.1) is 0 Å². The van der Waals surface area contributed by atoms with Crippen molar-refractivity contribution >= 4 is 16.9 Å². The number of carbonyl (C=O) groups is 1. The number of hydrogen-bond donors (Lipinski definition) is 0. The van der Waals surface area contributed by atoms with Crippen molar-refractivity contribution in [3.8, 4) is 0 Å². The van der Waals surface area contributed by atoms with E-state index in [1.165, 1.54) is 6.39 Å². The van der Waals surface area contributed by atoms with Gasteiger partial charge < -0.3 is 14.0 Å². The third-order valence-corrected chi connectivity index (χ3v) is 4.85. The molecule has 1 atom stereocenters. The van der Waals surface area contributed by atoms with Crippen molar-refractivity contribution in [1.29, 1.82) is 0 Å². The van der Waals surface area contributed by atoms with Crippen LogP contribution in [-0.2, 0) is 6.54 Å². The van der Waals surface area contributed by atoms with Crippen LogP contribution in [0.4, 0.5) is 0 Å². The summed E-state index contributed by atoms with van der Waals surface area (Å²) >= 11 is 0. The van der Waals surface area contributed by atoms with Crippen LogP contribution in [0.15, 0.2) is 34.0 Å². The van der Waals surface area contributed by atoms with Gasteiger partial charge in [-0.05, 0) is 32.4 Å². The Kier molecular flexibility index (Phi) is 4.02. The average Bonchev–Trinajstić information content (AvgIpc) is 3.33. The molecule has 0 aromatic carbocycles. The van der Waals surface area contributed by atoms with Crippen LogP contribution in [0.3, 0.4) is 0 Å². The number of amides is 1. The molecule has 1 fully saturated rings. The lowest BCUT2D eigenvalue weighted by atomic mass is 10.1. The zero-order chi connectivity index (χ0) is 18.3. The van der Waals surface area contributed by atoms with Crippen LogP contribution < -0.4 is 5.43 Å². The Morgan fingerprint density at radius 2 is 2.23 bits per heavy atom. The van der Waals surface area contributed by atoms with E-state index in [1.807, 2.05) is 18.4 Å². The Bertz CT molecular complexity index is 1030. The summed E-state index contributed by atoms with van der Waals surface area (Å²) in [5.41, 5.74) is 1.35. The van der Waals surface area contributed by atoms with Crippen LogP contribution in [0.1, 0.15) is 41.1 Å². The summed E-state index contributed by atoms with van der Waals surface area (Å²) in [7, 11) is 0. The van der Waals surface area contributed by atoms with Gasteiger partial charge in [0.05, 0.1) is 5.39 Å². The smallest absolute Gasteiger partial charge is 0.259 e. The third kappa shape index (κ3) is 2.67. The highest BCUT2D eigenvalue weighted by Crippen LogP contribution is 2.25. The summed E-state index contributed by atoms with van der Waals surface area (Å²) in [6.07, 6.45) is 3.67. The molecule has 0 N–H and O–H groups in total. The molecule has 4 heterocycles. The lowest BCUT2D eigenvalue weighted by Crippen LogP contribution is -2.33. The molecule has 1 amide bonds. The predicted molar refractivity (Wildman–Crippen MR) is 94.0 cm³/mol. The molecule has 1 aliphatic heterocycles. The van der Waals surface area contributed by atoms with E-state index in [0.717, 1.165) is 12.1 Å². The Morgan fingerprint density at radius 1 is 1.38 bits per heavy atom. The van der Waals surface area contributed by atoms with Crippen LogP contribution in [0.2, 0.25) is 0 Å². The van der Waals surface area contributed by atoms with Crippen LogP contribution >= 0.6 is 0 Å². The van der Waals surface area contributed by atoms with Crippen molar-refractivity contribution in [3.63, 3.8) is 0 Å². The molecule has 1 aliphatic rings. The number of carbonyl (C=O) groups excluding carboxylic acids is 1. The summed E-state index contributed by atoms with van der Waals surface area (Å²) in [6, 6.07) is 3.54. The van der Waals surface area contributed by atoms with Gasteiger partial charge in [-0.25, -0.2) is 4.98 Å². The first-order valence-corrected chi connectivity index (χ1v) is 8.64. The molecule has 3 aromatic rings. The number of fused-ring (bicyclic) bond motifs is 1. The fourth-order valence-corrected chi connectivity index (χ4v) is 3.44. The number of pyridine rings is 2. The number of hydrogen-bond acceptors (Lipinski definition) is 6. The molecule has 8 heteroatoms. The quantitative estimate of drug-likeness (QED) is 0.712. The van der Waals surface area contributed by atoms with Crippen molar-refractivity contribution in [1.82, 2.24) is 24.6 Å². The van der Waals surface area contributed by atoms with E-state index in [4.69, 9.17) is 4.52 Å². The van der Waals surface area contributed by atoms with Gasteiger partial charge >= 0.3 is 0 Å². The number of aryl methyl sites for hydroxylation is 2. The van der Waals surface area contributed by atoms with Crippen LogP contribution in [0.25, 0.3) is 11.0 Å². The lowest BCUT2D eigenvalue weighted by molar-refractivity contribution is 0.0788. The molecular weight excluding hydrogens is 334 g/mol. The lowest BCUT2D eigenvalue weighted by Gasteiger charge is -2.17. The molecule has 1 unspecified atom stereocenters. The fraction of sp³-hybridized carbons (Fsp3) is 0.389. The maximum Gasteiger partial charge on any atom is 0.259 e. The van der Waals surface area contributed by atoms with E-state index >= 15 is 0 Å². The van der Waals surface area contributed by atoms with Gasteiger partial charge in [-0.3, -0.25) is 9.59 Å². The van der Waals surface area contributed by atoms with Crippen molar-refractivity contribution in [2.24, 2.45) is 0 Å². The summed E-state index contributed by atoms with van der Waals surface area (Å²) in [6.45, 7) is 5.51. The Morgan fingerprint density at radius 3 is 2.96 bits per heavy atom. The highest BCUT2D eigenvalue weighted by atomic mass is 16.5. The van der Waals surface area contributed by atoms with Gasteiger partial charge in [0.2, 0.25) is 11.8 Å². The minimum absolute atomic E-state index is 0.0378. The van der Waals surface area contributed by atoms with Gasteiger partial charge in [0, 0.05) is 37.4 Å². The van der Waals surface area contributed by atoms with Crippen molar-refractivity contribution in [2.45, 2.75) is 32.7 Å². The second-order valence-corrected chi connectivity index (χ2v) is 6.51. The van der Waals surface area contributed by atoms with Crippen LogP contribution in [0.5, 0.6) is 0 Å². The van der Waals surface area contributed by atoms with Gasteiger partial charge in [0.25, 0.3) is 5.91 Å². The summed E-state index contributed by atoms with van der Waals surface area (Å²) in [5.74, 6) is 0.381. The first-order chi connectivity index (χ1) is 12.6. The van der Waals surface area contributed by atoms with E-state index in [-0.39, 0.29) is 22.8 Å². The fourth-order valence-electron chi connectivity index (χ4n) is 3.44. The minimum atomic E-state index is -0.273. The molecule has 8 nitrogen and oxygen atoms in total. The largest absolute Gasteiger partial charge is 0.343 e. The molecule has 0 spiro atoms. The van der Waals surface area contributed by atoms with E-state index in [9.17, 15) is 9.59 Å². The molecule has 1 saturated heterocycles. The molecule has 26 heavy (non-hydrogen) atoms. The maximum atomic E-state index is 13.0. The minimum Gasteiger partial charge on any atom is -0.343 e. The first kappa shape index (κ1) is 16.4. The standard InChI is InChI=1S/C18H19N5O3/c1-3-22-9-14(15(24)13-5-4-11(2)20-17(13)22)18(25)23-7-6-12(8-23)16-19-10-26-21-16/h4-5,9-10,12H,3,6-8H2,1-2H3. The van der Waals surface area contributed by atoms with E-state index < -0.39 is 0 Å². The van der Waals surface area contributed by atoms with Gasteiger partial charge in [0.15, 0.2) is 5.82 Å². The van der Waals surface area contributed by atoms with E-state index in [2.05, 4.69) is 15.1 Å². The van der Waals surface area contributed by atoms with Crippen molar-refractivity contribution in [3.05, 3.63) is 52.0 Å². The highest BCUT2D eigenvalue weighted by molar-refractivity contribution is 5.97. The Hall–Kier alpha value is -3.03. The topological polar surface area (TPSA) is 94.1 Å². The second kappa shape index (κ2) is 6.36. The zero-order valence-electron chi connectivity index (χ0n) is 14.7. The summed E-state index contributed by atoms with van der Waals surface area (Å²) in [5, 5.41) is 4.33. The van der Waals surface area contributed by atoms with Crippen LogP contribution in [0, 0.1) is 6.92 Å². The monoisotopic (exact) mass is 353 g/mol. The predicted octanol–water partition coefficient (Wildman–Crippen LogP) is 1.74. The Labute approximate surface area is 149 Å². The van der Waals surface area contributed by atoms with E-state index in [0.29, 0.717) is 36.5 Å². The second-order valence-electron chi connectivity index (χ2n) is 6.51. The maximum absolute atomic E-state index is 13.0. The molecule has 3 aromatic heterocycles. The molecule has 0 radical (unpaired) electrons. The Balaban J connectivity index is 1.70. The van der Waals surface area contributed by atoms with E-state index in [1.54, 1.807) is 23.2 Å². The SMILES string of the molecule is CCn1cc(C(=O)N2CCC(c3ncon3)C2)c(=O)c2ccc(C)nc21. The van der Waals surface area contributed by atoms with Gasteiger partial charge in [-0.1, -0.05) is 5.16 Å². The molecule has 0 saturated carbocycles. The molecule has 0 bridgehead atoms. The summed E-state index contributed by atoms with van der Waals surface area (Å²) < 4.78 is 6.64. The van der Waals surface area contributed by atoms with Gasteiger partial charge in [-0.2, -0.15) is 4.98 Å². The number of likely N-dealkylation sites (tertiary alicyclic amines) is 1. The number of nitrogens with zero attached hydrogens (tertiary/aromatic N) is 5. The molecule has 134 valence electrons. The molecule has 4 rings (SSSR count). The highest BCUT2D eigenvalue weighted by Gasteiger charge is 2.31. The van der Waals surface area contributed by atoms with Crippen LogP contribution in [-0.4, -0.2) is 43.6 Å². The van der Waals surface area contributed by atoms with Gasteiger partial charge in [0.1, 0.15) is 11.2 Å². The normalized spacial score (nSPS) is 17.2. The van der Waals surface area contributed by atoms with Crippen molar-refractivity contribution < 1.29 is 9.32 Å². The third-order valence-electron chi connectivity index (χ3n) is 4.85. The number of rotatable bonds is 3. The van der Waals surface area contributed by atoms with Crippen molar-refractivity contribution in [2.75, 3.05) is 13.1 Å². The number of aromatic nitrogens is 4. The molecule has 0 aliphatic carbocycles. The average molecular weight is 353 g/mol. The first-order valence-electron chi connectivity index (χ1n) is 8.64. The molecular formula is C18H19N5O3.